The molecule has 0 radical (unpaired) electrons. The molecule has 1 atom stereocenters. The SMILES string of the molecule is O=C(NCCC1CCCCN1)c1ccc(F)c(F)c1. The van der Waals surface area contributed by atoms with Crippen molar-refractivity contribution in [1.82, 2.24) is 10.6 Å². The Morgan fingerprint density at radius 1 is 1.32 bits per heavy atom. The van der Waals surface area contributed by atoms with Gasteiger partial charge in [-0.05, 0) is 44.0 Å². The topological polar surface area (TPSA) is 41.1 Å². The number of benzene rings is 1. The zero-order chi connectivity index (χ0) is 13.7. The summed E-state index contributed by atoms with van der Waals surface area (Å²) >= 11 is 0. The van der Waals surface area contributed by atoms with E-state index >= 15 is 0 Å². The second kappa shape index (κ2) is 6.61. The zero-order valence-electron chi connectivity index (χ0n) is 10.7. The van der Waals surface area contributed by atoms with Crippen LogP contribution in [0.5, 0.6) is 0 Å². The number of halogens is 2. The van der Waals surface area contributed by atoms with Crippen LogP contribution < -0.4 is 10.6 Å². The molecule has 0 bridgehead atoms. The molecule has 1 aromatic carbocycles. The van der Waals surface area contributed by atoms with E-state index in [4.69, 9.17) is 0 Å². The second-order valence-electron chi connectivity index (χ2n) is 4.82. The fourth-order valence-electron chi connectivity index (χ4n) is 2.27. The fraction of sp³-hybridized carbons (Fsp3) is 0.500. The number of hydrogen-bond donors (Lipinski definition) is 2. The number of amides is 1. The molecule has 1 fully saturated rings. The van der Waals surface area contributed by atoms with Crippen LogP contribution in [0.15, 0.2) is 18.2 Å². The van der Waals surface area contributed by atoms with Crippen molar-refractivity contribution < 1.29 is 13.6 Å². The van der Waals surface area contributed by atoms with Crippen LogP contribution in [-0.4, -0.2) is 25.0 Å². The number of carbonyl (C=O) groups is 1. The molecule has 0 aliphatic carbocycles. The molecule has 1 amide bonds. The van der Waals surface area contributed by atoms with Crippen LogP contribution in [0.2, 0.25) is 0 Å². The van der Waals surface area contributed by atoms with Gasteiger partial charge in [-0.25, -0.2) is 8.78 Å². The Morgan fingerprint density at radius 2 is 2.16 bits per heavy atom. The van der Waals surface area contributed by atoms with E-state index in [9.17, 15) is 13.6 Å². The van der Waals surface area contributed by atoms with Gasteiger partial charge in [0.1, 0.15) is 0 Å². The summed E-state index contributed by atoms with van der Waals surface area (Å²) < 4.78 is 25.7. The average Bonchev–Trinajstić information content (AvgIpc) is 2.43. The summed E-state index contributed by atoms with van der Waals surface area (Å²) in [5.41, 5.74) is 0.149. The van der Waals surface area contributed by atoms with Crippen LogP contribution in [0, 0.1) is 11.6 Å². The first-order valence-electron chi connectivity index (χ1n) is 6.63. The molecule has 1 unspecified atom stereocenters. The Morgan fingerprint density at radius 3 is 2.84 bits per heavy atom. The number of rotatable bonds is 4. The van der Waals surface area contributed by atoms with E-state index in [1.807, 2.05) is 0 Å². The number of piperidine rings is 1. The largest absolute Gasteiger partial charge is 0.352 e. The smallest absolute Gasteiger partial charge is 0.251 e. The molecule has 1 aromatic rings. The van der Waals surface area contributed by atoms with Crippen LogP contribution >= 0.6 is 0 Å². The van der Waals surface area contributed by atoms with Crippen LogP contribution in [-0.2, 0) is 0 Å². The summed E-state index contributed by atoms with van der Waals surface area (Å²) in [6.45, 7) is 1.57. The number of carbonyl (C=O) groups excluding carboxylic acids is 1. The van der Waals surface area contributed by atoms with Gasteiger partial charge in [0.25, 0.3) is 5.91 Å². The molecule has 1 heterocycles. The highest BCUT2D eigenvalue weighted by atomic mass is 19.2. The Hall–Kier alpha value is -1.49. The maximum absolute atomic E-state index is 13.0. The van der Waals surface area contributed by atoms with Gasteiger partial charge in [0.15, 0.2) is 11.6 Å². The molecule has 2 N–H and O–H groups in total. The highest BCUT2D eigenvalue weighted by molar-refractivity contribution is 5.94. The first-order valence-corrected chi connectivity index (χ1v) is 6.63. The van der Waals surface area contributed by atoms with E-state index in [0.717, 1.165) is 31.5 Å². The molecule has 0 spiro atoms. The average molecular weight is 268 g/mol. The third-order valence-electron chi connectivity index (χ3n) is 3.37. The highest BCUT2D eigenvalue weighted by Crippen LogP contribution is 2.10. The van der Waals surface area contributed by atoms with E-state index in [1.165, 1.54) is 18.9 Å². The fourth-order valence-corrected chi connectivity index (χ4v) is 2.27. The molecule has 0 aromatic heterocycles. The third-order valence-corrected chi connectivity index (χ3v) is 3.37. The molecule has 1 aliphatic rings. The van der Waals surface area contributed by atoms with Crippen molar-refractivity contribution in [3.8, 4) is 0 Å². The first kappa shape index (κ1) is 13.9. The Balaban J connectivity index is 1.78. The van der Waals surface area contributed by atoms with Crippen LogP contribution in [0.3, 0.4) is 0 Å². The second-order valence-corrected chi connectivity index (χ2v) is 4.82. The Labute approximate surface area is 111 Å². The monoisotopic (exact) mass is 268 g/mol. The van der Waals surface area contributed by atoms with Crippen molar-refractivity contribution in [3.63, 3.8) is 0 Å². The van der Waals surface area contributed by atoms with Gasteiger partial charge in [-0.3, -0.25) is 4.79 Å². The molecule has 0 saturated carbocycles. The van der Waals surface area contributed by atoms with Crippen molar-refractivity contribution in [2.45, 2.75) is 31.7 Å². The minimum absolute atomic E-state index is 0.149. The van der Waals surface area contributed by atoms with Gasteiger partial charge in [-0.15, -0.1) is 0 Å². The van der Waals surface area contributed by atoms with Gasteiger partial charge in [0.2, 0.25) is 0 Å². The van der Waals surface area contributed by atoms with Crippen molar-refractivity contribution >= 4 is 5.91 Å². The lowest BCUT2D eigenvalue weighted by atomic mass is 10.0. The summed E-state index contributed by atoms with van der Waals surface area (Å²) in [5, 5.41) is 6.11. The quantitative estimate of drug-likeness (QED) is 0.879. The first-order chi connectivity index (χ1) is 9.16. The summed E-state index contributed by atoms with van der Waals surface area (Å²) in [6.07, 6.45) is 4.41. The zero-order valence-corrected chi connectivity index (χ0v) is 10.7. The molecule has 19 heavy (non-hydrogen) atoms. The minimum Gasteiger partial charge on any atom is -0.352 e. The van der Waals surface area contributed by atoms with E-state index < -0.39 is 11.6 Å². The third kappa shape index (κ3) is 3.99. The van der Waals surface area contributed by atoms with E-state index in [1.54, 1.807) is 0 Å². The van der Waals surface area contributed by atoms with Gasteiger partial charge in [0, 0.05) is 18.2 Å². The summed E-state index contributed by atoms with van der Waals surface area (Å²) in [7, 11) is 0. The maximum atomic E-state index is 13.0. The number of hydrogen-bond acceptors (Lipinski definition) is 2. The van der Waals surface area contributed by atoms with E-state index in [2.05, 4.69) is 10.6 Å². The highest BCUT2D eigenvalue weighted by Gasteiger charge is 2.13. The molecule has 1 saturated heterocycles. The van der Waals surface area contributed by atoms with Gasteiger partial charge >= 0.3 is 0 Å². The Kier molecular flexibility index (Phi) is 4.85. The minimum atomic E-state index is -0.999. The molecule has 3 nitrogen and oxygen atoms in total. The molecule has 1 aliphatic heterocycles. The predicted molar refractivity (Wildman–Crippen MR) is 68.9 cm³/mol. The van der Waals surface area contributed by atoms with Gasteiger partial charge < -0.3 is 10.6 Å². The van der Waals surface area contributed by atoms with E-state index in [0.29, 0.717) is 12.6 Å². The lowest BCUT2D eigenvalue weighted by Crippen LogP contribution is -2.37. The van der Waals surface area contributed by atoms with Crippen molar-refractivity contribution in [3.05, 3.63) is 35.4 Å². The molecule has 104 valence electrons. The van der Waals surface area contributed by atoms with Gasteiger partial charge in [-0.2, -0.15) is 0 Å². The van der Waals surface area contributed by atoms with Crippen molar-refractivity contribution in [2.75, 3.05) is 13.1 Å². The van der Waals surface area contributed by atoms with Crippen molar-refractivity contribution in [1.29, 1.82) is 0 Å². The van der Waals surface area contributed by atoms with Crippen molar-refractivity contribution in [2.24, 2.45) is 0 Å². The predicted octanol–water partition coefficient (Wildman–Crippen LogP) is 2.23. The van der Waals surface area contributed by atoms with Crippen LogP contribution in [0.1, 0.15) is 36.0 Å². The van der Waals surface area contributed by atoms with Crippen LogP contribution in [0.4, 0.5) is 8.78 Å². The maximum Gasteiger partial charge on any atom is 0.251 e. The lowest BCUT2D eigenvalue weighted by molar-refractivity contribution is 0.0951. The Bertz CT molecular complexity index is 445. The standard InChI is InChI=1S/C14H18F2N2O/c15-12-5-4-10(9-13(12)16)14(19)18-8-6-11-3-1-2-7-17-11/h4-5,9,11,17H,1-3,6-8H2,(H,18,19). The molecular formula is C14H18F2N2O. The van der Waals surface area contributed by atoms with Gasteiger partial charge in [0.05, 0.1) is 0 Å². The summed E-state index contributed by atoms with van der Waals surface area (Å²) in [6, 6.07) is 3.61. The molecule has 5 heteroatoms. The van der Waals surface area contributed by atoms with E-state index in [-0.39, 0.29) is 11.5 Å². The molecule has 2 rings (SSSR count). The lowest BCUT2D eigenvalue weighted by Gasteiger charge is -2.23. The molecular weight excluding hydrogens is 250 g/mol. The van der Waals surface area contributed by atoms with Gasteiger partial charge in [-0.1, -0.05) is 6.42 Å². The van der Waals surface area contributed by atoms with Crippen LogP contribution in [0.25, 0.3) is 0 Å². The summed E-state index contributed by atoms with van der Waals surface area (Å²) in [5.74, 6) is -2.31. The normalized spacial score (nSPS) is 19.2. The summed E-state index contributed by atoms with van der Waals surface area (Å²) in [4.78, 5) is 11.7. The number of nitrogens with one attached hydrogen (secondary N) is 2.